The number of benzene rings is 1. The average Bonchev–Trinajstić information content (AvgIpc) is 2.37. The predicted octanol–water partition coefficient (Wildman–Crippen LogP) is 3.62. The third kappa shape index (κ3) is 3.06. The van der Waals surface area contributed by atoms with Gasteiger partial charge in [0.05, 0.1) is 11.6 Å². The van der Waals surface area contributed by atoms with Gasteiger partial charge in [0, 0.05) is 19.1 Å². The second-order valence-corrected chi connectivity index (χ2v) is 5.27. The summed E-state index contributed by atoms with van der Waals surface area (Å²) >= 11 is 0. The molecule has 1 saturated heterocycles. The summed E-state index contributed by atoms with van der Waals surface area (Å²) < 4.78 is 51.9. The van der Waals surface area contributed by atoms with E-state index < -0.39 is 17.9 Å². The number of para-hydroxylation sites is 1. The molecule has 20 heavy (non-hydrogen) atoms. The third-order valence-electron chi connectivity index (χ3n) is 3.78. The molecule has 1 atom stereocenters. The number of hydrogen-bond acceptors (Lipinski definition) is 2. The summed E-state index contributed by atoms with van der Waals surface area (Å²) in [5.41, 5.74) is 6.80. The molecule has 0 unspecified atom stereocenters. The first-order chi connectivity index (χ1) is 9.30. The quantitative estimate of drug-likeness (QED) is 0.843. The lowest BCUT2D eigenvalue weighted by Gasteiger charge is -2.36. The first kappa shape index (κ1) is 15.1. The molecular weight excluding hydrogens is 272 g/mol. The number of alkyl halides is 3. The summed E-state index contributed by atoms with van der Waals surface area (Å²) in [6, 6.07) is 4.25. The zero-order valence-corrected chi connectivity index (χ0v) is 11.3. The van der Waals surface area contributed by atoms with E-state index in [0.29, 0.717) is 11.3 Å². The fourth-order valence-electron chi connectivity index (χ4n) is 2.66. The van der Waals surface area contributed by atoms with Gasteiger partial charge in [0.25, 0.3) is 0 Å². The van der Waals surface area contributed by atoms with Crippen LogP contribution < -0.4 is 10.6 Å². The van der Waals surface area contributed by atoms with Gasteiger partial charge in [-0.1, -0.05) is 12.1 Å². The summed E-state index contributed by atoms with van der Waals surface area (Å²) in [6.07, 6.45) is -4.17. The van der Waals surface area contributed by atoms with Gasteiger partial charge in [-0.15, -0.1) is 0 Å². The number of rotatable bonds is 2. The Bertz CT molecular complexity index is 463. The van der Waals surface area contributed by atoms with E-state index in [2.05, 4.69) is 0 Å². The van der Waals surface area contributed by atoms with Crippen molar-refractivity contribution in [2.75, 3.05) is 18.0 Å². The molecule has 1 aromatic rings. The third-order valence-corrected chi connectivity index (χ3v) is 3.78. The molecule has 2 N–H and O–H groups in total. The van der Waals surface area contributed by atoms with Crippen molar-refractivity contribution in [3.8, 4) is 0 Å². The smallest absolute Gasteiger partial charge is 0.369 e. The Morgan fingerprint density at radius 3 is 2.35 bits per heavy atom. The highest BCUT2D eigenvalue weighted by Gasteiger charge is 2.41. The van der Waals surface area contributed by atoms with Crippen molar-refractivity contribution in [1.82, 2.24) is 0 Å². The van der Waals surface area contributed by atoms with Crippen molar-refractivity contribution in [1.29, 1.82) is 0 Å². The topological polar surface area (TPSA) is 29.3 Å². The molecular formula is C14H18F4N2. The van der Waals surface area contributed by atoms with Gasteiger partial charge in [-0.2, -0.15) is 13.2 Å². The number of halogens is 4. The fourth-order valence-corrected chi connectivity index (χ4v) is 2.66. The van der Waals surface area contributed by atoms with E-state index in [-0.39, 0.29) is 32.0 Å². The Hall–Kier alpha value is -1.30. The summed E-state index contributed by atoms with van der Waals surface area (Å²) in [6.45, 7) is 2.14. The molecule has 1 aliphatic rings. The highest BCUT2D eigenvalue weighted by atomic mass is 19.4. The van der Waals surface area contributed by atoms with Gasteiger partial charge < -0.3 is 10.6 Å². The van der Waals surface area contributed by atoms with Gasteiger partial charge in [0.15, 0.2) is 0 Å². The number of piperidine rings is 1. The molecule has 1 heterocycles. The van der Waals surface area contributed by atoms with Crippen molar-refractivity contribution in [2.45, 2.75) is 32.0 Å². The first-order valence-electron chi connectivity index (χ1n) is 6.66. The lowest BCUT2D eigenvalue weighted by Crippen LogP contribution is -2.40. The lowest BCUT2D eigenvalue weighted by molar-refractivity contribution is -0.179. The van der Waals surface area contributed by atoms with Crippen LogP contribution in [0.4, 0.5) is 23.2 Å². The molecule has 0 amide bonds. The van der Waals surface area contributed by atoms with Crippen LogP contribution in [0.15, 0.2) is 18.2 Å². The maximum atomic E-state index is 14.0. The van der Waals surface area contributed by atoms with Gasteiger partial charge in [0.1, 0.15) is 5.82 Å². The molecule has 1 aromatic carbocycles. The van der Waals surface area contributed by atoms with Crippen LogP contribution in [0.2, 0.25) is 0 Å². The predicted molar refractivity (Wildman–Crippen MR) is 70.0 cm³/mol. The highest BCUT2D eigenvalue weighted by Crippen LogP contribution is 2.37. The Labute approximate surface area is 115 Å². The molecule has 0 aromatic heterocycles. The number of nitrogens with zero attached hydrogens (tertiary/aromatic N) is 1. The van der Waals surface area contributed by atoms with E-state index in [1.165, 1.54) is 6.07 Å². The van der Waals surface area contributed by atoms with Gasteiger partial charge in [-0.3, -0.25) is 0 Å². The van der Waals surface area contributed by atoms with Gasteiger partial charge in [-0.05, 0) is 31.4 Å². The molecule has 1 aliphatic heterocycles. The second kappa shape index (κ2) is 5.60. The zero-order valence-electron chi connectivity index (χ0n) is 11.3. The van der Waals surface area contributed by atoms with Gasteiger partial charge in [-0.25, -0.2) is 4.39 Å². The molecule has 0 bridgehead atoms. The van der Waals surface area contributed by atoms with E-state index in [1.807, 2.05) is 0 Å². The van der Waals surface area contributed by atoms with Crippen molar-refractivity contribution in [3.05, 3.63) is 29.6 Å². The normalized spacial score (nSPS) is 19.2. The maximum absolute atomic E-state index is 14.0. The highest BCUT2D eigenvalue weighted by molar-refractivity contribution is 5.56. The van der Waals surface area contributed by atoms with Crippen molar-refractivity contribution in [2.24, 2.45) is 11.7 Å². The number of hydrogen-bond donors (Lipinski definition) is 1. The minimum absolute atomic E-state index is 0.00374. The van der Waals surface area contributed by atoms with E-state index in [1.54, 1.807) is 24.0 Å². The Morgan fingerprint density at radius 1 is 1.25 bits per heavy atom. The van der Waals surface area contributed by atoms with Crippen molar-refractivity contribution < 1.29 is 17.6 Å². The van der Waals surface area contributed by atoms with E-state index in [4.69, 9.17) is 5.73 Å². The number of anilines is 1. The monoisotopic (exact) mass is 290 g/mol. The minimum Gasteiger partial charge on any atom is -0.369 e. The van der Waals surface area contributed by atoms with Crippen LogP contribution in [-0.4, -0.2) is 19.3 Å². The summed E-state index contributed by atoms with van der Waals surface area (Å²) in [4.78, 5) is 1.68. The van der Waals surface area contributed by atoms with Crippen LogP contribution >= 0.6 is 0 Å². The molecule has 2 nitrogen and oxygen atoms in total. The lowest BCUT2D eigenvalue weighted by atomic mass is 9.94. The van der Waals surface area contributed by atoms with E-state index in [9.17, 15) is 17.6 Å². The molecule has 0 aliphatic carbocycles. The van der Waals surface area contributed by atoms with Crippen LogP contribution in [-0.2, 0) is 0 Å². The summed E-state index contributed by atoms with van der Waals surface area (Å²) in [7, 11) is 0. The molecule has 1 fully saturated rings. The van der Waals surface area contributed by atoms with Crippen LogP contribution in [0.25, 0.3) is 0 Å². The Morgan fingerprint density at radius 2 is 1.85 bits per heavy atom. The zero-order chi connectivity index (χ0) is 14.9. The maximum Gasteiger partial charge on any atom is 0.391 e. The first-order valence-corrected chi connectivity index (χ1v) is 6.66. The summed E-state index contributed by atoms with van der Waals surface area (Å²) in [5.74, 6) is -1.71. The Balaban J connectivity index is 2.19. The fraction of sp³-hybridized carbons (Fsp3) is 0.571. The molecule has 112 valence electrons. The largest absolute Gasteiger partial charge is 0.391 e. The SMILES string of the molecule is C[C@H](N)c1cccc(F)c1N1CCC(C(F)(F)F)CC1. The van der Waals surface area contributed by atoms with Crippen LogP contribution in [0.3, 0.4) is 0 Å². The van der Waals surface area contributed by atoms with Crippen molar-refractivity contribution in [3.63, 3.8) is 0 Å². The van der Waals surface area contributed by atoms with E-state index >= 15 is 0 Å². The second-order valence-electron chi connectivity index (χ2n) is 5.27. The molecule has 0 radical (unpaired) electrons. The minimum atomic E-state index is -4.16. The van der Waals surface area contributed by atoms with Gasteiger partial charge in [0.2, 0.25) is 0 Å². The molecule has 0 saturated carbocycles. The molecule has 6 heteroatoms. The summed E-state index contributed by atoms with van der Waals surface area (Å²) in [5, 5.41) is 0. The molecule has 0 spiro atoms. The number of nitrogens with two attached hydrogens (primary N) is 1. The van der Waals surface area contributed by atoms with Crippen molar-refractivity contribution >= 4 is 5.69 Å². The standard InChI is InChI=1S/C14H18F4N2/c1-9(19)11-3-2-4-12(15)13(11)20-7-5-10(6-8-20)14(16,17)18/h2-4,9-10H,5-8,19H2,1H3/t9-/m0/s1. The molecule has 2 rings (SSSR count). The van der Waals surface area contributed by atoms with Crippen LogP contribution in [0, 0.1) is 11.7 Å². The van der Waals surface area contributed by atoms with E-state index in [0.717, 1.165) is 0 Å². The van der Waals surface area contributed by atoms with Crippen LogP contribution in [0.1, 0.15) is 31.4 Å². The average molecular weight is 290 g/mol. The van der Waals surface area contributed by atoms with Gasteiger partial charge >= 0.3 is 6.18 Å². The van der Waals surface area contributed by atoms with Crippen LogP contribution in [0.5, 0.6) is 0 Å². The Kier molecular flexibility index (Phi) is 4.22.